The molecule has 0 aliphatic heterocycles. The van der Waals surface area contributed by atoms with E-state index in [1.165, 1.54) is 22.3 Å². The zero-order chi connectivity index (χ0) is 14.9. The Morgan fingerprint density at radius 2 is 1.65 bits per heavy atom. The van der Waals surface area contributed by atoms with Crippen LogP contribution in [-0.4, -0.2) is 4.98 Å². The van der Waals surface area contributed by atoms with Gasteiger partial charge >= 0.3 is 0 Å². The van der Waals surface area contributed by atoms with Gasteiger partial charge in [-0.3, -0.25) is 4.98 Å². The Kier molecular flexibility index (Phi) is 4.19. The first kappa shape index (κ1) is 15.1. The molecular weight excluding hydrogens is 266 g/mol. The second-order valence-electron chi connectivity index (χ2n) is 6.56. The largest absolute Gasteiger partial charge is 0.265 e. The molecule has 1 nitrogen and oxygen atoms in total. The minimum absolute atomic E-state index is 0.0531. The van der Waals surface area contributed by atoms with Crippen molar-refractivity contribution in [1.82, 2.24) is 4.98 Å². The summed E-state index contributed by atoms with van der Waals surface area (Å²) in [5.74, 6) is 0.455. The summed E-state index contributed by atoms with van der Waals surface area (Å²) in [7, 11) is 0. The van der Waals surface area contributed by atoms with Gasteiger partial charge in [-0.2, -0.15) is 0 Å². The average molecular weight is 288 g/mol. The molecule has 1 aromatic heterocycles. The Balaban J connectivity index is 2.68. The predicted octanol–water partition coefficient (Wildman–Crippen LogP) is 5.82. The number of hydrogen-bond acceptors (Lipinski definition) is 1. The molecule has 0 atom stereocenters. The average Bonchev–Trinajstić information content (AvgIpc) is 2.37. The SMILES string of the molecule is CC(C)c1cc(C(C)(C)C)c(Cl)cc1-c1ccncc1. The van der Waals surface area contributed by atoms with Crippen LogP contribution in [0.1, 0.15) is 51.7 Å². The van der Waals surface area contributed by atoms with E-state index in [2.05, 4.69) is 51.7 Å². The van der Waals surface area contributed by atoms with E-state index in [0.29, 0.717) is 5.92 Å². The van der Waals surface area contributed by atoms with Crippen molar-refractivity contribution in [3.8, 4) is 11.1 Å². The van der Waals surface area contributed by atoms with Crippen LogP contribution in [0.3, 0.4) is 0 Å². The third-order valence-electron chi connectivity index (χ3n) is 3.56. The Hall–Kier alpha value is -1.34. The van der Waals surface area contributed by atoms with E-state index in [0.717, 1.165) is 5.02 Å². The van der Waals surface area contributed by atoms with Gasteiger partial charge in [-0.1, -0.05) is 52.3 Å². The molecule has 106 valence electrons. The highest BCUT2D eigenvalue weighted by atomic mass is 35.5. The Bertz CT molecular complexity index is 595. The van der Waals surface area contributed by atoms with Gasteiger partial charge < -0.3 is 0 Å². The summed E-state index contributed by atoms with van der Waals surface area (Å²) < 4.78 is 0. The van der Waals surface area contributed by atoms with Crippen molar-refractivity contribution in [3.05, 3.63) is 52.8 Å². The van der Waals surface area contributed by atoms with Crippen LogP contribution in [0.25, 0.3) is 11.1 Å². The lowest BCUT2D eigenvalue weighted by Crippen LogP contribution is -2.13. The summed E-state index contributed by atoms with van der Waals surface area (Å²) in [6, 6.07) is 8.44. The molecule has 0 spiro atoms. The minimum atomic E-state index is 0.0531. The molecule has 0 amide bonds. The number of halogens is 1. The number of pyridine rings is 1. The molecule has 1 heterocycles. The molecule has 0 fully saturated rings. The molecule has 20 heavy (non-hydrogen) atoms. The monoisotopic (exact) mass is 287 g/mol. The summed E-state index contributed by atoms with van der Waals surface area (Å²) in [5.41, 5.74) is 4.98. The van der Waals surface area contributed by atoms with E-state index < -0.39 is 0 Å². The van der Waals surface area contributed by atoms with Crippen LogP contribution in [0, 0.1) is 0 Å². The van der Waals surface area contributed by atoms with E-state index in [4.69, 9.17) is 11.6 Å². The van der Waals surface area contributed by atoms with Gasteiger partial charge in [-0.05, 0) is 51.8 Å². The molecule has 1 aromatic carbocycles. The maximum Gasteiger partial charge on any atom is 0.0449 e. The third-order valence-corrected chi connectivity index (χ3v) is 3.87. The van der Waals surface area contributed by atoms with Crippen LogP contribution in [0.2, 0.25) is 5.02 Å². The zero-order valence-electron chi connectivity index (χ0n) is 12.9. The Morgan fingerprint density at radius 3 is 2.15 bits per heavy atom. The van der Waals surface area contributed by atoms with Crippen LogP contribution in [-0.2, 0) is 5.41 Å². The van der Waals surface area contributed by atoms with Gasteiger partial charge in [0.1, 0.15) is 0 Å². The summed E-state index contributed by atoms with van der Waals surface area (Å²) in [4.78, 5) is 4.09. The van der Waals surface area contributed by atoms with Gasteiger partial charge in [0.25, 0.3) is 0 Å². The van der Waals surface area contributed by atoms with E-state index in [1.54, 1.807) is 0 Å². The molecule has 0 N–H and O–H groups in total. The Morgan fingerprint density at radius 1 is 1.05 bits per heavy atom. The minimum Gasteiger partial charge on any atom is -0.265 e. The molecule has 0 unspecified atom stereocenters. The van der Waals surface area contributed by atoms with Gasteiger partial charge in [-0.25, -0.2) is 0 Å². The number of nitrogens with zero attached hydrogens (tertiary/aromatic N) is 1. The molecule has 2 aromatic rings. The predicted molar refractivity (Wildman–Crippen MR) is 87.5 cm³/mol. The molecule has 0 aliphatic carbocycles. The van der Waals surface area contributed by atoms with Crippen molar-refractivity contribution in [2.75, 3.05) is 0 Å². The normalized spacial score (nSPS) is 11.9. The first-order chi connectivity index (χ1) is 9.30. The fourth-order valence-corrected chi connectivity index (χ4v) is 2.87. The highest BCUT2D eigenvalue weighted by Gasteiger charge is 2.21. The van der Waals surface area contributed by atoms with Crippen molar-refractivity contribution < 1.29 is 0 Å². The quantitative estimate of drug-likeness (QED) is 0.678. The lowest BCUT2D eigenvalue weighted by molar-refractivity contribution is 0.589. The van der Waals surface area contributed by atoms with Crippen LogP contribution in [0.4, 0.5) is 0 Å². The van der Waals surface area contributed by atoms with Crippen molar-refractivity contribution >= 4 is 11.6 Å². The molecule has 2 heteroatoms. The van der Waals surface area contributed by atoms with E-state index in [9.17, 15) is 0 Å². The molecule has 0 bridgehead atoms. The number of aromatic nitrogens is 1. The standard InChI is InChI=1S/C18H22ClN/c1-12(2)14-10-16(18(3,4)5)17(19)11-15(14)13-6-8-20-9-7-13/h6-12H,1-5H3. The lowest BCUT2D eigenvalue weighted by Gasteiger charge is -2.24. The zero-order valence-corrected chi connectivity index (χ0v) is 13.6. The summed E-state index contributed by atoms with van der Waals surface area (Å²) in [6.45, 7) is 11.0. The first-order valence-electron chi connectivity index (χ1n) is 7.05. The number of rotatable bonds is 2. The van der Waals surface area contributed by atoms with E-state index in [1.807, 2.05) is 24.5 Å². The topological polar surface area (TPSA) is 12.9 Å². The molecule has 0 saturated carbocycles. The van der Waals surface area contributed by atoms with Gasteiger partial charge in [0, 0.05) is 17.4 Å². The summed E-state index contributed by atoms with van der Waals surface area (Å²) >= 11 is 6.52. The van der Waals surface area contributed by atoms with E-state index in [-0.39, 0.29) is 5.41 Å². The smallest absolute Gasteiger partial charge is 0.0449 e. The lowest BCUT2D eigenvalue weighted by atomic mass is 9.82. The molecule has 0 radical (unpaired) electrons. The van der Waals surface area contributed by atoms with Crippen LogP contribution < -0.4 is 0 Å². The van der Waals surface area contributed by atoms with Crippen molar-refractivity contribution in [1.29, 1.82) is 0 Å². The van der Waals surface area contributed by atoms with E-state index >= 15 is 0 Å². The van der Waals surface area contributed by atoms with Gasteiger partial charge in [-0.15, -0.1) is 0 Å². The van der Waals surface area contributed by atoms with Gasteiger partial charge in [0.2, 0.25) is 0 Å². The summed E-state index contributed by atoms with van der Waals surface area (Å²) in [6.07, 6.45) is 3.65. The Labute approximate surface area is 127 Å². The number of benzene rings is 1. The van der Waals surface area contributed by atoms with Crippen molar-refractivity contribution in [2.45, 2.75) is 46.0 Å². The highest BCUT2D eigenvalue weighted by molar-refractivity contribution is 6.31. The van der Waals surface area contributed by atoms with Crippen molar-refractivity contribution in [2.24, 2.45) is 0 Å². The van der Waals surface area contributed by atoms with Crippen molar-refractivity contribution in [3.63, 3.8) is 0 Å². The molecule has 2 rings (SSSR count). The van der Waals surface area contributed by atoms with Gasteiger partial charge in [0.05, 0.1) is 0 Å². The second kappa shape index (κ2) is 5.57. The maximum absolute atomic E-state index is 6.52. The van der Waals surface area contributed by atoms with Gasteiger partial charge in [0.15, 0.2) is 0 Å². The molecular formula is C18H22ClN. The van der Waals surface area contributed by atoms with Crippen LogP contribution >= 0.6 is 11.6 Å². The first-order valence-corrected chi connectivity index (χ1v) is 7.43. The van der Waals surface area contributed by atoms with Crippen LogP contribution in [0.5, 0.6) is 0 Å². The molecule has 0 saturated heterocycles. The number of hydrogen-bond donors (Lipinski definition) is 0. The highest BCUT2D eigenvalue weighted by Crippen LogP contribution is 2.38. The summed E-state index contributed by atoms with van der Waals surface area (Å²) in [5, 5.41) is 0.841. The maximum atomic E-state index is 6.52. The third kappa shape index (κ3) is 3.04. The second-order valence-corrected chi connectivity index (χ2v) is 6.97. The fourth-order valence-electron chi connectivity index (χ4n) is 2.42. The fraction of sp³-hybridized carbons (Fsp3) is 0.389. The van der Waals surface area contributed by atoms with Crippen LogP contribution in [0.15, 0.2) is 36.7 Å². The molecule has 0 aliphatic rings.